The Morgan fingerprint density at radius 2 is 1.80 bits per heavy atom. The molecule has 4 heteroatoms. The molecule has 2 rings (SSSR count). The van der Waals surface area contributed by atoms with Crippen molar-refractivity contribution in [3.8, 4) is 0 Å². The Morgan fingerprint density at radius 3 is 2.33 bits per heavy atom. The van der Waals surface area contributed by atoms with Gasteiger partial charge in [0.2, 0.25) is 0 Å². The van der Waals surface area contributed by atoms with E-state index >= 15 is 0 Å². The molecule has 1 saturated carbocycles. The zero-order valence-corrected chi connectivity index (χ0v) is 8.21. The van der Waals surface area contributed by atoms with Crippen molar-refractivity contribution in [3.63, 3.8) is 0 Å². The normalized spacial score (nSPS) is 25.5. The molecule has 1 fully saturated rings. The first-order valence-corrected chi connectivity index (χ1v) is 5.06. The smallest absolute Gasteiger partial charge is 0.128 e. The Balaban J connectivity index is 2.10. The SMILES string of the molecule is O[C@H]1CCC[C@@H]1Nc1cc(F)cc(F)c1. The number of anilines is 1. The van der Waals surface area contributed by atoms with Crippen LogP contribution in [0.3, 0.4) is 0 Å². The van der Waals surface area contributed by atoms with E-state index in [1.807, 2.05) is 0 Å². The van der Waals surface area contributed by atoms with Crippen molar-refractivity contribution in [3.05, 3.63) is 29.8 Å². The maximum absolute atomic E-state index is 12.9. The summed E-state index contributed by atoms with van der Waals surface area (Å²) >= 11 is 0. The van der Waals surface area contributed by atoms with Crippen LogP contribution in [-0.2, 0) is 0 Å². The molecule has 2 N–H and O–H groups in total. The average Bonchev–Trinajstić information content (AvgIpc) is 2.50. The molecule has 1 aliphatic rings. The largest absolute Gasteiger partial charge is 0.391 e. The fourth-order valence-corrected chi connectivity index (χ4v) is 1.96. The third kappa shape index (κ3) is 2.45. The zero-order valence-electron chi connectivity index (χ0n) is 8.21. The van der Waals surface area contributed by atoms with E-state index in [9.17, 15) is 13.9 Å². The first kappa shape index (κ1) is 10.4. The van der Waals surface area contributed by atoms with Crippen molar-refractivity contribution in [2.24, 2.45) is 0 Å². The van der Waals surface area contributed by atoms with E-state index in [0.29, 0.717) is 5.69 Å². The molecule has 15 heavy (non-hydrogen) atoms. The maximum atomic E-state index is 12.9. The van der Waals surface area contributed by atoms with Crippen LogP contribution >= 0.6 is 0 Å². The summed E-state index contributed by atoms with van der Waals surface area (Å²) in [5.74, 6) is -1.21. The van der Waals surface area contributed by atoms with Gasteiger partial charge in [0.15, 0.2) is 0 Å². The number of nitrogens with one attached hydrogen (secondary N) is 1. The highest BCUT2D eigenvalue weighted by molar-refractivity contribution is 5.45. The fourth-order valence-electron chi connectivity index (χ4n) is 1.96. The molecule has 0 spiro atoms. The molecule has 1 aromatic rings. The van der Waals surface area contributed by atoms with Gasteiger partial charge in [-0.25, -0.2) is 8.78 Å². The number of hydrogen-bond donors (Lipinski definition) is 2. The van der Waals surface area contributed by atoms with Crippen LogP contribution in [0.15, 0.2) is 18.2 Å². The molecule has 0 radical (unpaired) electrons. The van der Waals surface area contributed by atoms with Crippen LogP contribution in [0.2, 0.25) is 0 Å². The van der Waals surface area contributed by atoms with Crippen molar-refractivity contribution in [1.82, 2.24) is 0 Å². The molecule has 2 nitrogen and oxygen atoms in total. The van der Waals surface area contributed by atoms with Crippen LogP contribution in [0, 0.1) is 11.6 Å². The Hall–Kier alpha value is -1.16. The Bertz CT molecular complexity index is 336. The molecular weight excluding hydrogens is 200 g/mol. The van der Waals surface area contributed by atoms with Crippen LogP contribution in [0.4, 0.5) is 14.5 Å². The van der Waals surface area contributed by atoms with Crippen LogP contribution < -0.4 is 5.32 Å². The number of rotatable bonds is 2. The van der Waals surface area contributed by atoms with Gasteiger partial charge in [-0.15, -0.1) is 0 Å². The van der Waals surface area contributed by atoms with Gasteiger partial charge in [0.05, 0.1) is 12.1 Å². The minimum Gasteiger partial charge on any atom is -0.391 e. The van der Waals surface area contributed by atoms with Gasteiger partial charge < -0.3 is 10.4 Å². The molecule has 2 atom stereocenters. The van der Waals surface area contributed by atoms with Crippen molar-refractivity contribution in [2.75, 3.05) is 5.32 Å². The molecule has 1 aliphatic carbocycles. The topological polar surface area (TPSA) is 32.3 Å². The van der Waals surface area contributed by atoms with Gasteiger partial charge in [-0.05, 0) is 31.4 Å². The molecule has 0 saturated heterocycles. The van der Waals surface area contributed by atoms with Gasteiger partial charge in [-0.1, -0.05) is 0 Å². The highest BCUT2D eigenvalue weighted by atomic mass is 19.1. The zero-order chi connectivity index (χ0) is 10.8. The van der Waals surface area contributed by atoms with Crippen LogP contribution in [0.25, 0.3) is 0 Å². The predicted octanol–water partition coefficient (Wildman–Crippen LogP) is 2.29. The third-order valence-electron chi connectivity index (χ3n) is 2.69. The summed E-state index contributed by atoms with van der Waals surface area (Å²) in [7, 11) is 0. The van der Waals surface area contributed by atoms with Crippen molar-refractivity contribution < 1.29 is 13.9 Å². The Kier molecular flexibility index (Phi) is 2.86. The van der Waals surface area contributed by atoms with Gasteiger partial charge in [0.1, 0.15) is 11.6 Å². The van der Waals surface area contributed by atoms with Gasteiger partial charge in [0.25, 0.3) is 0 Å². The van der Waals surface area contributed by atoms with Crippen LogP contribution in [0.5, 0.6) is 0 Å². The first-order valence-electron chi connectivity index (χ1n) is 5.06. The number of aliphatic hydroxyl groups excluding tert-OH is 1. The standard InChI is InChI=1S/C11H13F2NO/c12-7-4-8(13)6-9(5-7)14-10-2-1-3-11(10)15/h4-6,10-11,14-15H,1-3H2/t10-,11-/m0/s1. The highest BCUT2D eigenvalue weighted by Crippen LogP contribution is 2.23. The molecule has 0 aromatic heterocycles. The predicted molar refractivity (Wildman–Crippen MR) is 53.6 cm³/mol. The van der Waals surface area contributed by atoms with E-state index in [4.69, 9.17) is 0 Å². The van der Waals surface area contributed by atoms with Gasteiger partial charge in [-0.3, -0.25) is 0 Å². The summed E-state index contributed by atoms with van der Waals surface area (Å²) in [6.45, 7) is 0. The Labute approximate surface area is 86.9 Å². The maximum Gasteiger partial charge on any atom is 0.128 e. The summed E-state index contributed by atoms with van der Waals surface area (Å²) in [4.78, 5) is 0. The molecule has 82 valence electrons. The highest BCUT2D eigenvalue weighted by Gasteiger charge is 2.24. The van der Waals surface area contributed by atoms with Crippen molar-refractivity contribution in [2.45, 2.75) is 31.4 Å². The quantitative estimate of drug-likeness (QED) is 0.790. The molecule has 0 bridgehead atoms. The Morgan fingerprint density at radius 1 is 1.13 bits per heavy atom. The lowest BCUT2D eigenvalue weighted by Crippen LogP contribution is -2.27. The number of benzene rings is 1. The summed E-state index contributed by atoms with van der Waals surface area (Å²) in [5.41, 5.74) is 0.387. The lowest BCUT2D eigenvalue weighted by molar-refractivity contribution is 0.172. The lowest BCUT2D eigenvalue weighted by atomic mass is 10.2. The average molecular weight is 213 g/mol. The molecule has 0 aliphatic heterocycles. The number of hydrogen-bond acceptors (Lipinski definition) is 2. The van der Waals surface area contributed by atoms with E-state index in [0.717, 1.165) is 25.3 Å². The van der Waals surface area contributed by atoms with Gasteiger partial charge >= 0.3 is 0 Å². The second-order valence-corrected chi connectivity index (χ2v) is 3.91. The van der Waals surface area contributed by atoms with E-state index in [1.165, 1.54) is 12.1 Å². The van der Waals surface area contributed by atoms with E-state index in [-0.39, 0.29) is 6.04 Å². The minimum atomic E-state index is -0.606. The second kappa shape index (κ2) is 4.14. The summed E-state index contributed by atoms with van der Waals surface area (Å²) in [5, 5.41) is 12.5. The summed E-state index contributed by atoms with van der Waals surface area (Å²) < 4.78 is 25.7. The van der Waals surface area contributed by atoms with E-state index < -0.39 is 17.7 Å². The summed E-state index contributed by atoms with van der Waals surface area (Å²) in [6.07, 6.45) is 2.10. The van der Waals surface area contributed by atoms with Gasteiger partial charge in [0, 0.05) is 11.8 Å². The number of aliphatic hydroxyl groups is 1. The van der Waals surface area contributed by atoms with Crippen molar-refractivity contribution in [1.29, 1.82) is 0 Å². The molecule has 0 unspecified atom stereocenters. The fraction of sp³-hybridized carbons (Fsp3) is 0.455. The number of halogens is 2. The first-order chi connectivity index (χ1) is 7.15. The molecule has 0 amide bonds. The second-order valence-electron chi connectivity index (χ2n) is 3.91. The molecule has 0 heterocycles. The van der Waals surface area contributed by atoms with Crippen LogP contribution in [0.1, 0.15) is 19.3 Å². The third-order valence-corrected chi connectivity index (χ3v) is 2.69. The van der Waals surface area contributed by atoms with Gasteiger partial charge in [-0.2, -0.15) is 0 Å². The molecular formula is C11H13F2NO. The van der Waals surface area contributed by atoms with Crippen molar-refractivity contribution >= 4 is 5.69 Å². The summed E-state index contributed by atoms with van der Waals surface area (Å²) in [6, 6.07) is 3.20. The van der Waals surface area contributed by atoms with E-state index in [1.54, 1.807) is 0 Å². The molecule has 1 aromatic carbocycles. The minimum absolute atomic E-state index is 0.0915. The lowest BCUT2D eigenvalue weighted by Gasteiger charge is -2.17. The van der Waals surface area contributed by atoms with E-state index in [2.05, 4.69) is 5.32 Å². The monoisotopic (exact) mass is 213 g/mol. The van der Waals surface area contributed by atoms with Crippen LogP contribution in [-0.4, -0.2) is 17.3 Å².